The van der Waals surface area contributed by atoms with E-state index in [0.717, 1.165) is 70.6 Å². The molecule has 0 fully saturated rings. The molecular formula is C71H128O5. The molecule has 0 rings (SSSR count). The van der Waals surface area contributed by atoms with Crippen LogP contribution in [0, 0.1) is 0 Å². The van der Waals surface area contributed by atoms with Crippen LogP contribution in [-0.2, 0) is 19.1 Å². The first-order valence-electron chi connectivity index (χ1n) is 33.5. The highest BCUT2D eigenvalue weighted by molar-refractivity contribution is 5.70. The highest BCUT2D eigenvalue weighted by Crippen LogP contribution is 2.18. The molecule has 0 aliphatic rings. The summed E-state index contributed by atoms with van der Waals surface area (Å²) in [6.07, 6.45) is 92.1. The van der Waals surface area contributed by atoms with Crippen LogP contribution in [0.2, 0.25) is 0 Å². The van der Waals surface area contributed by atoms with Gasteiger partial charge in [-0.15, -0.1) is 0 Å². The lowest BCUT2D eigenvalue weighted by atomic mass is 10.0. The molecule has 0 saturated heterocycles. The van der Waals surface area contributed by atoms with Gasteiger partial charge in [0.25, 0.3) is 0 Å². The highest BCUT2D eigenvalue weighted by atomic mass is 16.6. The van der Waals surface area contributed by atoms with Gasteiger partial charge in [0.2, 0.25) is 0 Å². The van der Waals surface area contributed by atoms with Crippen molar-refractivity contribution in [3.05, 3.63) is 72.9 Å². The van der Waals surface area contributed by atoms with Gasteiger partial charge in [-0.3, -0.25) is 9.59 Å². The minimum absolute atomic E-state index is 0.0628. The summed E-state index contributed by atoms with van der Waals surface area (Å²) < 4.78 is 10.8. The van der Waals surface area contributed by atoms with Crippen molar-refractivity contribution in [3.8, 4) is 0 Å². The fraction of sp³-hybridized carbons (Fsp3) is 0.803. The van der Waals surface area contributed by atoms with Crippen molar-refractivity contribution >= 4 is 11.9 Å². The minimum atomic E-state index is -0.773. The Balaban J connectivity index is 3.43. The summed E-state index contributed by atoms with van der Waals surface area (Å²) in [5, 5.41) is 9.69. The zero-order valence-corrected chi connectivity index (χ0v) is 50.8. The average molecular weight is 1060 g/mol. The van der Waals surface area contributed by atoms with Crippen LogP contribution in [-0.4, -0.2) is 36.4 Å². The summed E-state index contributed by atoms with van der Waals surface area (Å²) in [5.41, 5.74) is 0. The van der Waals surface area contributed by atoms with Gasteiger partial charge >= 0.3 is 11.9 Å². The number of hydrogen-bond donors (Lipinski definition) is 1. The molecular weight excluding hydrogens is 933 g/mol. The van der Waals surface area contributed by atoms with E-state index < -0.39 is 6.10 Å². The van der Waals surface area contributed by atoms with Crippen molar-refractivity contribution in [1.29, 1.82) is 0 Å². The summed E-state index contributed by atoms with van der Waals surface area (Å²) in [6.45, 7) is 4.07. The topological polar surface area (TPSA) is 72.8 Å². The second-order valence-electron chi connectivity index (χ2n) is 22.5. The number of allylic oxidation sites excluding steroid dienone is 12. The van der Waals surface area contributed by atoms with E-state index in [1.807, 2.05) is 0 Å². The van der Waals surface area contributed by atoms with Crippen LogP contribution >= 0.6 is 0 Å². The van der Waals surface area contributed by atoms with Crippen LogP contribution in [0.3, 0.4) is 0 Å². The molecule has 0 amide bonds. The molecule has 76 heavy (non-hydrogen) atoms. The zero-order valence-electron chi connectivity index (χ0n) is 50.8. The Morgan fingerprint density at radius 2 is 0.566 bits per heavy atom. The Morgan fingerprint density at radius 3 is 0.868 bits per heavy atom. The van der Waals surface area contributed by atoms with Gasteiger partial charge in [0.15, 0.2) is 6.10 Å². The Morgan fingerprint density at radius 1 is 0.316 bits per heavy atom. The third-order valence-corrected chi connectivity index (χ3v) is 15.0. The summed E-state index contributed by atoms with van der Waals surface area (Å²) >= 11 is 0. The van der Waals surface area contributed by atoms with Gasteiger partial charge in [-0.2, -0.15) is 0 Å². The predicted octanol–water partition coefficient (Wildman–Crippen LogP) is 23.1. The number of unbranched alkanes of at least 4 members (excludes halogenated alkanes) is 42. The molecule has 0 aliphatic carbocycles. The molecule has 1 N–H and O–H groups in total. The maximum absolute atomic E-state index is 12.4. The molecule has 1 atom stereocenters. The quantitative estimate of drug-likeness (QED) is 0.0373. The number of carbonyl (C=O) groups excluding carboxylic acids is 2. The van der Waals surface area contributed by atoms with Crippen molar-refractivity contribution in [2.24, 2.45) is 0 Å². The third kappa shape index (κ3) is 63.9. The molecule has 5 nitrogen and oxygen atoms in total. The second kappa shape index (κ2) is 66.6. The number of hydrogen-bond acceptors (Lipinski definition) is 5. The van der Waals surface area contributed by atoms with Gasteiger partial charge in [-0.25, -0.2) is 0 Å². The van der Waals surface area contributed by atoms with E-state index in [0.29, 0.717) is 12.8 Å². The smallest absolute Gasteiger partial charge is 0.306 e. The van der Waals surface area contributed by atoms with Crippen LogP contribution in [0.4, 0.5) is 0 Å². The number of carbonyl (C=O) groups is 2. The SMILES string of the molecule is CC/C=C\C/C=C\C/C=C\C/C=C\C/C=C\CCCCCCCCCCCCCCCCCCCC(=O)OC(CO)COC(=O)CCCCCCCCCCCCCCCCCCC/C=C\CCCCCCCCCC. The number of aliphatic hydroxyl groups excluding tert-OH is 1. The molecule has 0 spiro atoms. The van der Waals surface area contributed by atoms with Crippen molar-refractivity contribution in [2.45, 2.75) is 354 Å². The fourth-order valence-corrected chi connectivity index (χ4v) is 9.99. The minimum Gasteiger partial charge on any atom is -0.462 e. The van der Waals surface area contributed by atoms with Gasteiger partial charge in [0, 0.05) is 12.8 Å². The maximum atomic E-state index is 12.4. The largest absolute Gasteiger partial charge is 0.462 e. The molecule has 442 valence electrons. The number of rotatable bonds is 62. The first kappa shape index (κ1) is 73.3. The Kier molecular flexibility index (Phi) is 64.3. The van der Waals surface area contributed by atoms with Crippen LogP contribution in [0.5, 0.6) is 0 Å². The molecule has 0 aliphatic heterocycles. The normalized spacial score (nSPS) is 12.6. The van der Waals surface area contributed by atoms with E-state index in [4.69, 9.17) is 9.47 Å². The third-order valence-electron chi connectivity index (χ3n) is 15.0. The van der Waals surface area contributed by atoms with Gasteiger partial charge in [0.1, 0.15) is 6.61 Å². The molecule has 0 radical (unpaired) electrons. The highest BCUT2D eigenvalue weighted by Gasteiger charge is 2.16. The number of aliphatic hydroxyl groups is 1. The lowest BCUT2D eigenvalue weighted by molar-refractivity contribution is -0.161. The van der Waals surface area contributed by atoms with E-state index in [2.05, 4.69) is 86.8 Å². The number of esters is 2. The standard InChI is InChI=1S/C71H128O5/c1-3-5-7-9-11-13-15-17-19-21-23-25-27-29-31-33-34-35-36-38-40-42-44-46-48-50-52-54-56-58-60-62-64-66-71(74)76-69(67-72)68-75-70(73)65-63-61-59-57-55-53-51-49-47-45-43-41-39-37-32-30-28-26-24-22-20-18-16-14-12-10-8-6-4-2/h5,7,11,13,17,19,22-25,29,31,69,72H,3-4,6,8-10,12,14-16,18,20-21,26-28,30,32-68H2,1-2H3/b7-5-,13-11-,19-17-,24-22-,25-23-,31-29-. The Hall–Kier alpha value is -2.66. The monoisotopic (exact) mass is 1060 g/mol. The van der Waals surface area contributed by atoms with Gasteiger partial charge < -0.3 is 14.6 Å². The predicted molar refractivity (Wildman–Crippen MR) is 334 cm³/mol. The molecule has 0 saturated carbocycles. The van der Waals surface area contributed by atoms with E-state index in [1.54, 1.807) is 0 Å². The van der Waals surface area contributed by atoms with E-state index >= 15 is 0 Å². The van der Waals surface area contributed by atoms with Crippen molar-refractivity contribution in [1.82, 2.24) is 0 Å². The zero-order chi connectivity index (χ0) is 54.8. The second-order valence-corrected chi connectivity index (χ2v) is 22.5. The molecule has 0 bridgehead atoms. The van der Waals surface area contributed by atoms with Crippen LogP contribution in [0.1, 0.15) is 348 Å². The Bertz CT molecular complexity index is 1340. The van der Waals surface area contributed by atoms with Gasteiger partial charge in [0.05, 0.1) is 6.61 Å². The maximum Gasteiger partial charge on any atom is 0.306 e. The molecule has 0 heterocycles. The fourth-order valence-electron chi connectivity index (χ4n) is 9.99. The van der Waals surface area contributed by atoms with Crippen molar-refractivity contribution in [2.75, 3.05) is 13.2 Å². The molecule has 0 aromatic carbocycles. The first-order valence-corrected chi connectivity index (χ1v) is 33.5. The van der Waals surface area contributed by atoms with E-state index in [1.165, 1.54) is 250 Å². The van der Waals surface area contributed by atoms with Crippen LogP contribution in [0.15, 0.2) is 72.9 Å². The summed E-state index contributed by atoms with van der Waals surface area (Å²) in [6, 6.07) is 0. The number of ether oxygens (including phenoxy) is 2. The van der Waals surface area contributed by atoms with E-state index in [9.17, 15) is 14.7 Å². The van der Waals surface area contributed by atoms with Gasteiger partial charge in [-0.05, 0) is 83.5 Å². The van der Waals surface area contributed by atoms with Crippen molar-refractivity contribution in [3.63, 3.8) is 0 Å². The molecule has 1 unspecified atom stereocenters. The summed E-state index contributed by atoms with van der Waals surface area (Å²) in [5.74, 6) is -0.573. The molecule has 5 heteroatoms. The first-order chi connectivity index (χ1) is 37.6. The Labute approximate surface area is 473 Å². The lowest BCUT2D eigenvalue weighted by Crippen LogP contribution is -2.28. The summed E-state index contributed by atoms with van der Waals surface area (Å²) in [7, 11) is 0. The lowest BCUT2D eigenvalue weighted by Gasteiger charge is -2.15. The summed E-state index contributed by atoms with van der Waals surface area (Å²) in [4.78, 5) is 24.6. The van der Waals surface area contributed by atoms with Crippen molar-refractivity contribution < 1.29 is 24.2 Å². The molecule has 0 aromatic heterocycles. The molecule has 0 aromatic rings. The van der Waals surface area contributed by atoms with Gasteiger partial charge in [-0.1, -0.05) is 324 Å². The average Bonchev–Trinajstić information content (AvgIpc) is 3.42. The van der Waals surface area contributed by atoms with Crippen LogP contribution < -0.4 is 0 Å². The van der Waals surface area contributed by atoms with Crippen LogP contribution in [0.25, 0.3) is 0 Å². The van der Waals surface area contributed by atoms with E-state index in [-0.39, 0.29) is 25.2 Å².